The first-order chi connectivity index (χ1) is 22.8. The van der Waals surface area contributed by atoms with Crippen molar-refractivity contribution in [1.82, 2.24) is 9.97 Å². The minimum Gasteiger partial charge on any atom is -0.245 e. The van der Waals surface area contributed by atoms with Gasteiger partial charge >= 0.3 is 0 Å². The molecule has 0 fully saturated rings. The van der Waals surface area contributed by atoms with Crippen LogP contribution in [0.25, 0.3) is 107 Å². The second kappa shape index (κ2) is 9.41. The lowest BCUT2D eigenvalue weighted by Gasteiger charge is -2.21. The highest BCUT2D eigenvalue weighted by Gasteiger charge is 2.24. The van der Waals surface area contributed by atoms with Gasteiger partial charge in [0, 0.05) is 32.3 Å². The van der Waals surface area contributed by atoms with Crippen LogP contribution in [0.3, 0.4) is 0 Å². The fourth-order valence-electron chi connectivity index (χ4n) is 7.55. The predicted octanol–water partition coefficient (Wildman–Crippen LogP) is 13.2. The van der Waals surface area contributed by atoms with Crippen molar-refractivity contribution in [2.75, 3.05) is 0 Å². The zero-order valence-corrected chi connectivity index (χ0v) is 27.3. The number of hydrogen-bond donors (Lipinski definition) is 0. The Morgan fingerprint density at radius 1 is 0.283 bits per heavy atom. The molecule has 0 unspecified atom stereocenters. The van der Waals surface area contributed by atoms with Crippen LogP contribution < -0.4 is 0 Å². The molecule has 46 heavy (non-hydrogen) atoms. The molecule has 5 aromatic carbocycles. The summed E-state index contributed by atoms with van der Waals surface area (Å²) in [6.45, 7) is 0. The van der Waals surface area contributed by atoms with E-state index in [2.05, 4.69) is 119 Å². The zero-order chi connectivity index (χ0) is 29.9. The standard InChI is InChI=1S/C40H20N2S4/c1-5-29(43-17-1)37-25-13-9-21-23-11-15-27-36-28(40(32-8-4-20-46-32)42-39(27)31-7-3-19-45-31)16-12-24(34(23)36)22-10-14-26(35(25)33(21)22)38(41-37)30-6-2-18-44-30/h1-20H. The molecule has 0 aliphatic carbocycles. The summed E-state index contributed by atoms with van der Waals surface area (Å²) in [5.74, 6) is 0. The third kappa shape index (κ3) is 3.34. The maximum atomic E-state index is 5.37. The molecule has 11 rings (SSSR count). The molecule has 0 aliphatic rings. The average molecular weight is 657 g/mol. The molecule has 214 valence electrons. The van der Waals surface area contributed by atoms with Crippen molar-refractivity contribution < 1.29 is 0 Å². The summed E-state index contributed by atoms with van der Waals surface area (Å²) in [6.07, 6.45) is 0. The Labute approximate surface area is 279 Å². The van der Waals surface area contributed by atoms with Crippen LogP contribution in [0.15, 0.2) is 119 Å². The van der Waals surface area contributed by atoms with Crippen molar-refractivity contribution in [3.05, 3.63) is 119 Å². The lowest BCUT2D eigenvalue weighted by atomic mass is 9.84. The van der Waals surface area contributed by atoms with Gasteiger partial charge in [-0.3, -0.25) is 0 Å². The minimum absolute atomic E-state index is 1.07. The number of thiophene rings is 4. The maximum Gasteiger partial charge on any atom is 0.0888 e. The van der Waals surface area contributed by atoms with Gasteiger partial charge in [-0.25, -0.2) is 9.97 Å². The van der Waals surface area contributed by atoms with E-state index < -0.39 is 0 Å². The summed E-state index contributed by atoms with van der Waals surface area (Å²) < 4.78 is 0. The number of aromatic nitrogens is 2. The highest BCUT2D eigenvalue weighted by atomic mass is 32.1. The molecule has 6 heterocycles. The molecule has 0 aliphatic heterocycles. The highest BCUT2D eigenvalue weighted by molar-refractivity contribution is 7.14. The van der Waals surface area contributed by atoms with E-state index in [-0.39, 0.29) is 0 Å². The fraction of sp³-hybridized carbons (Fsp3) is 0. The molecule has 6 aromatic heterocycles. The van der Waals surface area contributed by atoms with Crippen LogP contribution in [-0.4, -0.2) is 9.97 Å². The van der Waals surface area contributed by atoms with Crippen LogP contribution in [0.2, 0.25) is 0 Å². The summed E-state index contributed by atoms with van der Waals surface area (Å²) in [5, 5.41) is 23.9. The van der Waals surface area contributed by atoms with Gasteiger partial charge in [0.2, 0.25) is 0 Å². The molecule has 0 saturated carbocycles. The van der Waals surface area contributed by atoms with Crippen molar-refractivity contribution in [3.63, 3.8) is 0 Å². The van der Waals surface area contributed by atoms with Crippen LogP contribution in [0, 0.1) is 0 Å². The Morgan fingerprint density at radius 2 is 0.522 bits per heavy atom. The number of fused-ring (bicyclic) bond motifs is 2. The van der Waals surface area contributed by atoms with E-state index in [4.69, 9.17) is 9.97 Å². The highest BCUT2D eigenvalue weighted by Crippen LogP contribution is 2.50. The first kappa shape index (κ1) is 25.5. The number of rotatable bonds is 4. The molecule has 6 heteroatoms. The average Bonchev–Trinajstić information content (AvgIpc) is 3.94. The lowest BCUT2D eigenvalue weighted by Crippen LogP contribution is -1.96. The molecule has 0 N–H and O–H groups in total. The SMILES string of the molecule is c1csc(-c2nc(-c3cccs3)c3ccc4c5ccc6c(-c7cccs7)nc(-c7cccs7)c7ccc(c8ccc2c3c84)c5c76)c1. The number of nitrogens with zero attached hydrogens (tertiary/aromatic N) is 2. The first-order valence-electron chi connectivity index (χ1n) is 15.1. The molecule has 0 bridgehead atoms. The Kier molecular flexibility index (Phi) is 5.21. The van der Waals surface area contributed by atoms with Crippen molar-refractivity contribution >= 4 is 110 Å². The Bertz CT molecular complexity index is 2500. The largest absolute Gasteiger partial charge is 0.245 e. The van der Waals surface area contributed by atoms with Crippen molar-refractivity contribution in [1.29, 1.82) is 0 Å². The summed E-state index contributed by atoms with van der Waals surface area (Å²) in [5.41, 5.74) is 4.27. The van der Waals surface area contributed by atoms with Crippen LogP contribution in [0.1, 0.15) is 0 Å². The van der Waals surface area contributed by atoms with E-state index >= 15 is 0 Å². The van der Waals surface area contributed by atoms with Gasteiger partial charge in [0.1, 0.15) is 0 Å². The number of pyridine rings is 2. The quantitative estimate of drug-likeness (QED) is 0.139. The van der Waals surface area contributed by atoms with E-state index in [0.717, 1.165) is 22.8 Å². The van der Waals surface area contributed by atoms with Gasteiger partial charge in [0.05, 0.1) is 42.3 Å². The normalized spacial score (nSPS) is 12.3. The van der Waals surface area contributed by atoms with E-state index in [9.17, 15) is 0 Å². The first-order valence-corrected chi connectivity index (χ1v) is 18.6. The third-order valence-corrected chi connectivity index (χ3v) is 12.9. The van der Waals surface area contributed by atoms with Crippen LogP contribution in [0.5, 0.6) is 0 Å². The zero-order valence-electron chi connectivity index (χ0n) is 24.1. The molecule has 11 aromatic rings. The van der Waals surface area contributed by atoms with Gasteiger partial charge in [-0.2, -0.15) is 0 Å². The lowest BCUT2D eigenvalue weighted by molar-refractivity contribution is 1.40. The number of benzene rings is 5. The van der Waals surface area contributed by atoms with E-state index in [1.807, 2.05) is 0 Å². The van der Waals surface area contributed by atoms with Crippen LogP contribution in [0.4, 0.5) is 0 Å². The monoisotopic (exact) mass is 656 g/mol. The number of hydrogen-bond acceptors (Lipinski definition) is 6. The van der Waals surface area contributed by atoms with Crippen molar-refractivity contribution in [2.45, 2.75) is 0 Å². The van der Waals surface area contributed by atoms with Gasteiger partial charge in [0.15, 0.2) is 0 Å². The minimum atomic E-state index is 1.07. The van der Waals surface area contributed by atoms with Gasteiger partial charge in [-0.05, 0) is 78.1 Å². The van der Waals surface area contributed by atoms with Gasteiger partial charge in [-0.1, -0.05) is 72.8 Å². The van der Waals surface area contributed by atoms with Gasteiger partial charge in [0.25, 0.3) is 0 Å². The second-order valence-corrected chi connectivity index (χ2v) is 15.5. The van der Waals surface area contributed by atoms with Gasteiger partial charge < -0.3 is 0 Å². The van der Waals surface area contributed by atoms with E-state index in [1.165, 1.54) is 84.1 Å². The Balaban J connectivity index is 1.35. The Hall–Kier alpha value is -4.72. The second-order valence-electron chi connectivity index (χ2n) is 11.7. The molecule has 2 nitrogen and oxygen atoms in total. The Morgan fingerprint density at radius 3 is 0.761 bits per heavy atom. The molecule has 0 saturated heterocycles. The van der Waals surface area contributed by atoms with Crippen molar-refractivity contribution in [3.8, 4) is 42.3 Å². The molecule has 0 radical (unpaired) electrons. The van der Waals surface area contributed by atoms with E-state index in [1.54, 1.807) is 45.3 Å². The topological polar surface area (TPSA) is 25.8 Å². The van der Waals surface area contributed by atoms with Gasteiger partial charge in [-0.15, -0.1) is 45.3 Å². The third-order valence-electron chi connectivity index (χ3n) is 9.39. The van der Waals surface area contributed by atoms with E-state index in [0.29, 0.717) is 0 Å². The summed E-state index contributed by atoms with van der Waals surface area (Å²) in [7, 11) is 0. The van der Waals surface area contributed by atoms with Crippen molar-refractivity contribution in [2.24, 2.45) is 0 Å². The van der Waals surface area contributed by atoms with Crippen LogP contribution in [-0.2, 0) is 0 Å². The molecule has 0 amide bonds. The summed E-state index contributed by atoms with van der Waals surface area (Å²) >= 11 is 7.03. The summed E-state index contributed by atoms with van der Waals surface area (Å²) in [4.78, 5) is 15.5. The fourth-order valence-corrected chi connectivity index (χ4v) is 10.5. The van der Waals surface area contributed by atoms with Crippen LogP contribution >= 0.6 is 45.3 Å². The molecule has 0 atom stereocenters. The smallest absolute Gasteiger partial charge is 0.0888 e. The maximum absolute atomic E-state index is 5.37. The summed E-state index contributed by atoms with van der Waals surface area (Å²) in [6, 6.07) is 35.9. The predicted molar refractivity (Wildman–Crippen MR) is 203 cm³/mol. The molecule has 0 spiro atoms. The molecular weight excluding hydrogens is 637 g/mol. The molecular formula is C40H20N2S4.